The number of carbonyl (C=O) groups excluding carboxylic acids is 1. The monoisotopic (exact) mass is 435 g/mol. The quantitative estimate of drug-likeness (QED) is 0.579. The number of benzene rings is 2. The van der Waals surface area contributed by atoms with E-state index in [0.29, 0.717) is 20.6 Å². The molecule has 0 radical (unpaired) electrons. The average Bonchev–Trinajstić information content (AvgIpc) is 2.88. The molecule has 0 aliphatic heterocycles. The van der Waals surface area contributed by atoms with Crippen molar-refractivity contribution in [3.63, 3.8) is 0 Å². The third-order valence-corrected chi connectivity index (χ3v) is 6.20. The average molecular weight is 436 g/mol. The maximum atomic E-state index is 12.9. The highest BCUT2D eigenvalue weighted by molar-refractivity contribution is 8.00. The van der Waals surface area contributed by atoms with E-state index in [0.717, 1.165) is 5.69 Å². The van der Waals surface area contributed by atoms with Gasteiger partial charge in [-0.25, -0.2) is 4.68 Å². The third kappa shape index (κ3) is 4.14. The van der Waals surface area contributed by atoms with Gasteiger partial charge in [-0.3, -0.25) is 14.3 Å². The number of aromatic nitrogens is 2. The van der Waals surface area contributed by atoms with Crippen molar-refractivity contribution in [1.29, 1.82) is 0 Å². The summed E-state index contributed by atoms with van der Waals surface area (Å²) < 4.78 is 3.25. The predicted octanol–water partition coefficient (Wildman–Crippen LogP) is 4.91. The molecular formula is C20H19Cl2N3O2S. The van der Waals surface area contributed by atoms with E-state index in [-0.39, 0.29) is 17.2 Å². The SMILES string of the molecule is Cc1c(NC(=O)C(C)Sc2cc(Cl)ccc2Cl)c(=O)n(-c2ccccc2)n1C. The summed E-state index contributed by atoms with van der Waals surface area (Å²) in [6.07, 6.45) is 0. The molecule has 0 aliphatic rings. The number of thioether (sulfide) groups is 1. The van der Waals surface area contributed by atoms with Gasteiger partial charge in [0, 0.05) is 17.0 Å². The minimum absolute atomic E-state index is 0.265. The second-order valence-corrected chi connectivity index (χ2v) is 8.49. The molecule has 1 heterocycles. The first-order chi connectivity index (χ1) is 13.3. The molecule has 3 aromatic rings. The van der Waals surface area contributed by atoms with Gasteiger partial charge in [-0.2, -0.15) is 0 Å². The number of carbonyl (C=O) groups is 1. The molecule has 5 nitrogen and oxygen atoms in total. The lowest BCUT2D eigenvalue weighted by atomic mass is 10.3. The molecule has 0 aliphatic carbocycles. The molecule has 1 amide bonds. The zero-order chi connectivity index (χ0) is 20.4. The summed E-state index contributed by atoms with van der Waals surface area (Å²) >= 11 is 13.5. The van der Waals surface area contributed by atoms with E-state index < -0.39 is 5.25 Å². The third-order valence-electron chi connectivity index (χ3n) is 4.37. The first-order valence-corrected chi connectivity index (χ1v) is 10.2. The van der Waals surface area contributed by atoms with Gasteiger partial charge in [0.2, 0.25) is 5.91 Å². The van der Waals surface area contributed by atoms with Crippen LogP contribution in [0.15, 0.2) is 58.2 Å². The number of para-hydroxylation sites is 1. The number of halogens is 2. The van der Waals surface area contributed by atoms with Gasteiger partial charge in [0.15, 0.2) is 0 Å². The van der Waals surface area contributed by atoms with E-state index in [1.807, 2.05) is 30.3 Å². The van der Waals surface area contributed by atoms with E-state index in [1.165, 1.54) is 16.4 Å². The summed E-state index contributed by atoms with van der Waals surface area (Å²) in [5.74, 6) is -0.285. The lowest BCUT2D eigenvalue weighted by Gasteiger charge is -2.12. The summed E-state index contributed by atoms with van der Waals surface area (Å²) in [6.45, 7) is 3.55. The molecule has 1 atom stereocenters. The van der Waals surface area contributed by atoms with Crippen LogP contribution in [-0.2, 0) is 11.8 Å². The van der Waals surface area contributed by atoms with Crippen molar-refractivity contribution in [2.75, 3.05) is 5.32 Å². The Balaban J connectivity index is 1.84. The first-order valence-electron chi connectivity index (χ1n) is 8.56. The molecule has 1 unspecified atom stereocenters. The summed E-state index contributed by atoms with van der Waals surface area (Å²) in [6, 6.07) is 14.4. The first kappa shape index (κ1) is 20.6. The Kier molecular flexibility index (Phi) is 6.23. The van der Waals surface area contributed by atoms with Crippen molar-refractivity contribution in [1.82, 2.24) is 9.36 Å². The molecule has 146 valence electrons. The lowest BCUT2D eigenvalue weighted by molar-refractivity contribution is -0.115. The summed E-state index contributed by atoms with van der Waals surface area (Å²) in [4.78, 5) is 26.3. The molecule has 0 saturated carbocycles. The van der Waals surface area contributed by atoms with E-state index in [1.54, 1.807) is 43.8 Å². The molecule has 0 bridgehead atoms. The summed E-state index contributed by atoms with van der Waals surface area (Å²) in [5, 5.41) is 3.37. The minimum Gasteiger partial charge on any atom is -0.319 e. The fourth-order valence-electron chi connectivity index (χ4n) is 2.75. The Bertz CT molecular complexity index is 1080. The van der Waals surface area contributed by atoms with Gasteiger partial charge in [-0.15, -0.1) is 11.8 Å². The number of nitrogens with one attached hydrogen (secondary N) is 1. The van der Waals surface area contributed by atoms with Gasteiger partial charge in [0.1, 0.15) is 5.69 Å². The maximum Gasteiger partial charge on any atom is 0.295 e. The molecule has 2 aromatic carbocycles. The van der Waals surface area contributed by atoms with E-state index >= 15 is 0 Å². The number of hydrogen-bond acceptors (Lipinski definition) is 3. The standard InChI is InChI=1S/C20H19Cl2N3O2S/c1-12-18(20(27)25(24(12)3)15-7-5-4-6-8-15)23-19(26)13(2)28-17-11-14(21)9-10-16(17)22/h4-11,13H,1-3H3,(H,23,26). The van der Waals surface area contributed by atoms with Crippen molar-refractivity contribution < 1.29 is 4.79 Å². The van der Waals surface area contributed by atoms with E-state index in [9.17, 15) is 9.59 Å². The Morgan fingerprint density at radius 1 is 1.14 bits per heavy atom. The molecule has 3 rings (SSSR count). The van der Waals surface area contributed by atoms with Gasteiger partial charge < -0.3 is 5.32 Å². The zero-order valence-electron chi connectivity index (χ0n) is 15.6. The number of rotatable bonds is 5. The second kappa shape index (κ2) is 8.47. The van der Waals surface area contributed by atoms with Crippen molar-refractivity contribution >= 4 is 46.6 Å². The highest BCUT2D eigenvalue weighted by Gasteiger charge is 2.22. The Morgan fingerprint density at radius 3 is 2.50 bits per heavy atom. The second-order valence-electron chi connectivity index (χ2n) is 6.26. The van der Waals surface area contributed by atoms with Gasteiger partial charge in [0.05, 0.1) is 21.7 Å². The molecule has 0 saturated heterocycles. The van der Waals surface area contributed by atoms with Gasteiger partial charge in [0.25, 0.3) is 5.56 Å². The molecule has 1 N–H and O–H groups in total. The lowest BCUT2D eigenvalue weighted by Crippen LogP contribution is -2.27. The van der Waals surface area contributed by atoms with Crippen molar-refractivity contribution in [3.05, 3.63) is 74.6 Å². The van der Waals surface area contributed by atoms with Crippen LogP contribution < -0.4 is 10.9 Å². The van der Waals surface area contributed by atoms with E-state index in [2.05, 4.69) is 5.32 Å². The van der Waals surface area contributed by atoms with Crippen LogP contribution in [0.4, 0.5) is 5.69 Å². The van der Waals surface area contributed by atoms with Crippen molar-refractivity contribution in [3.8, 4) is 5.69 Å². The number of nitrogens with zero attached hydrogens (tertiary/aromatic N) is 2. The minimum atomic E-state index is -0.472. The van der Waals surface area contributed by atoms with Crippen molar-refractivity contribution in [2.45, 2.75) is 24.0 Å². The van der Waals surface area contributed by atoms with E-state index in [4.69, 9.17) is 23.2 Å². The Labute approximate surface area is 177 Å². The van der Waals surface area contributed by atoms with Gasteiger partial charge in [-0.05, 0) is 44.2 Å². The summed E-state index contributed by atoms with van der Waals surface area (Å²) in [5.41, 5.74) is 1.38. The highest BCUT2D eigenvalue weighted by Crippen LogP contribution is 2.33. The van der Waals surface area contributed by atoms with Crippen LogP contribution >= 0.6 is 35.0 Å². The fraction of sp³-hybridized carbons (Fsp3) is 0.200. The van der Waals surface area contributed by atoms with Crippen molar-refractivity contribution in [2.24, 2.45) is 7.05 Å². The highest BCUT2D eigenvalue weighted by atomic mass is 35.5. The van der Waals surface area contributed by atoms with Crippen LogP contribution in [0.2, 0.25) is 10.0 Å². The molecule has 0 spiro atoms. The van der Waals surface area contributed by atoms with Crippen LogP contribution in [0.25, 0.3) is 5.69 Å². The topological polar surface area (TPSA) is 56.0 Å². The van der Waals surface area contributed by atoms with Crippen LogP contribution in [0.5, 0.6) is 0 Å². The molecule has 8 heteroatoms. The zero-order valence-corrected chi connectivity index (χ0v) is 17.9. The summed E-state index contributed by atoms with van der Waals surface area (Å²) in [7, 11) is 1.78. The van der Waals surface area contributed by atoms with Crippen LogP contribution in [0, 0.1) is 6.92 Å². The fourth-order valence-corrected chi connectivity index (χ4v) is 4.16. The predicted molar refractivity (Wildman–Crippen MR) is 116 cm³/mol. The normalized spacial score (nSPS) is 12.0. The molecule has 28 heavy (non-hydrogen) atoms. The Hall–Kier alpha value is -2.15. The largest absolute Gasteiger partial charge is 0.319 e. The van der Waals surface area contributed by atoms with Gasteiger partial charge in [-0.1, -0.05) is 41.4 Å². The molecule has 1 aromatic heterocycles. The van der Waals surface area contributed by atoms with Gasteiger partial charge >= 0.3 is 0 Å². The number of anilines is 1. The molecule has 0 fully saturated rings. The smallest absolute Gasteiger partial charge is 0.295 e. The van der Waals surface area contributed by atoms with Crippen LogP contribution in [0.3, 0.4) is 0 Å². The Morgan fingerprint density at radius 2 is 1.82 bits per heavy atom. The number of amides is 1. The van der Waals surface area contributed by atoms with Crippen LogP contribution in [0.1, 0.15) is 12.6 Å². The van der Waals surface area contributed by atoms with Crippen LogP contribution in [-0.4, -0.2) is 20.5 Å². The maximum absolute atomic E-state index is 12.9. The molecular weight excluding hydrogens is 417 g/mol. The number of hydrogen-bond donors (Lipinski definition) is 1.